The summed E-state index contributed by atoms with van der Waals surface area (Å²) >= 11 is 7.43. The van der Waals surface area contributed by atoms with Crippen molar-refractivity contribution in [1.82, 2.24) is 15.1 Å². The zero-order chi connectivity index (χ0) is 25.7. The number of halogens is 1. The van der Waals surface area contributed by atoms with Crippen molar-refractivity contribution in [1.29, 1.82) is 0 Å². The molecule has 0 saturated carbocycles. The maximum absolute atomic E-state index is 13.0. The SMILES string of the molecule is CCN(Cc1ccc(N2CC(C(=O)Cc3nnc(CCc4ccc(Cl)cc4)s3)CC2=O)cc1)C(C)C. The Balaban J connectivity index is 1.30. The maximum atomic E-state index is 13.0. The highest BCUT2D eigenvalue weighted by molar-refractivity contribution is 7.11. The number of rotatable bonds is 11. The van der Waals surface area contributed by atoms with E-state index in [1.165, 1.54) is 22.5 Å². The molecule has 1 atom stereocenters. The van der Waals surface area contributed by atoms with Crippen LogP contribution in [0.3, 0.4) is 0 Å². The largest absolute Gasteiger partial charge is 0.312 e. The number of benzene rings is 2. The van der Waals surface area contributed by atoms with Gasteiger partial charge in [-0.25, -0.2) is 0 Å². The van der Waals surface area contributed by atoms with E-state index in [0.29, 0.717) is 17.6 Å². The molecule has 0 N–H and O–H groups in total. The minimum absolute atomic E-state index is 0.000572. The topological polar surface area (TPSA) is 66.4 Å². The van der Waals surface area contributed by atoms with Gasteiger partial charge in [-0.1, -0.05) is 42.8 Å². The first kappa shape index (κ1) is 26.5. The van der Waals surface area contributed by atoms with E-state index in [-0.39, 0.29) is 30.4 Å². The Morgan fingerprint density at radius 2 is 1.72 bits per heavy atom. The van der Waals surface area contributed by atoms with E-state index >= 15 is 0 Å². The summed E-state index contributed by atoms with van der Waals surface area (Å²) in [5, 5.41) is 10.8. The third kappa shape index (κ3) is 6.78. The molecule has 2 heterocycles. The van der Waals surface area contributed by atoms with Crippen LogP contribution in [0.5, 0.6) is 0 Å². The number of carbonyl (C=O) groups is 2. The van der Waals surface area contributed by atoms with Crippen LogP contribution >= 0.6 is 22.9 Å². The van der Waals surface area contributed by atoms with Gasteiger partial charge in [0.1, 0.15) is 15.8 Å². The third-order valence-corrected chi connectivity index (χ3v) is 7.96. The summed E-state index contributed by atoms with van der Waals surface area (Å²) in [6.07, 6.45) is 2.09. The molecule has 1 aliphatic rings. The lowest BCUT2D eigenvalue weighted by Gasteiger charge is -2.25. The van der Waals surface area contributed by atoms with Crippen LogP contribution in [-0.4, -0.2) is 45.9 Å². The Labute approximate surface area is 222 Å². The van der Waals surface area contributed by atoms with Gasteiger partial charge in [0.15, 0.2) is 0 Å². The van der Waals surface area contributed by atoms with Gasteiger partial charge in [-0.2, -0.15) is 0 Å². The fourth-order valence-electron chi connectivity index (χ4n) is 4.50. The van der Waals surface area contributed by atoms with Crippen molar-refractivity contribution >= 4 is 40.3 Å². The van der Waals surface area contributed by atoms with E-state index in [0.717, 1.165) is 41.6 Å². The summed E-state index contributed by atoms with van der Waals surface area (Å²) in [6.45, 7) is 8.86. The molecule has 0 spiro atoms. The highest BCUT2D eigenvalue weighted by atomic mass is 35.5. The van der Waals surface area contributed by atoms with Crippen molar-refractivity contribution in [3.63, 3.8) is 0 Å². The van der Waals surface area contributed by atoms with Crippen LogP contribution < -0.4 is 4.90 Å². The number of hydrogen-bond donors (Lipinski definition) is 0. The number of ketones is 1. The molecular formula is C28H33ClN4O2S. The molecule has 1 saturated heterocycles. The highest BCUT2D eigenvalue weighted by Crippen LogP contribution is 2.27. The second-order valence-electron chi connectivity index (χ2n) is 9.59. The van der Waals surface area contributed by atoms with Crippen molar-refractivity contribution in [3.05, 3.63) is 74.7 Å². The van der Waals surface area contributed by atoms with Gasteiger partial charge in [0.05, 0.1) is 6.42 Å². The number of Topliss-reactive ketones (excluding diaryl/α,β-unsaturated/α-hetero) is 1. The molecule has 6 nitrogen and oxygen atoms in total. The molecule has 3 aromatic rings. The summed E-state index contributed by atoms with van der Waals surface area (Å²) in [5.74, 6) is -0.257. The van der Waals surface area contributed by atoms with Crippen LogP contribution in [0, 0.1) is 5.92 Å². The van der Waals surface area contributed by atoms with Gasteiger partial charge in [0.2, 0.25) is 5.91 Å². The Kier molecular flexibility index (Phi) is 8.88. The van der Waals surface area contributed by atoms with Crippen molar-refractivity contribution in [2.45, 2.75) is 59.0 Å². The van der Waals surface area contributed by atoms with E-state index in [2.05, 4.69) is 48.0 Å². The van der Waals surface area contributed by atoms with Crippen LogP contribution in [0.2, 0.25) is 5.02 Å². The fourth-order valence-corrected chi connectivity index (χ4v) is 5.48. The predicted molar refractivity (Wildman–Crippen MR) is 146 cm³/mol. The maximum Gasteiger partial charge on any atom is 0.227 e. The first-order valence-electron chi connectivity index (χ1n) is 12.5. The lowest BCUT2D eigenvalue weighted by Crippen LogP contribution is -2.30. The normalized spacial score (nSPS) is 15.9. The number of aromatic nitrogens is 2. The number of anilines is 1. The van der Waals surface area contributed by atoms with E-state index < -0.39 is 0 Å². The second-order valence-corrected chi connectivity index (χ2v) is 11.2. The van der Waals surface area contributed by atoms with Crippen molar-refractivity contribution in [2.75, 3.05) is 18.0 Å². The summed E-state index contributed by atoms with van der Waals surface area (Å²) < 4.78 is 0. The van der Waals surface area contributed by atoms with Crippen LogP contribution in [0.15, 0.2) is 48.5 Å². The van der Waals surface area contributed by atoms with Gasteiger partial charge in [-0.15, -0.1) is 21.5 Å². The number of aryl methyl sites for hydroxylation is 2. The molecule has 0 bridgehead atoms. The third-order valence-electron chi connectivity index (χ3n) is 6.73. The highest BCUT2D eigenvalue weighted by Gasteiger charge is 2.35. The minimum atomic E-state index is -0.310. The van der Waals surface area contributed by atoms with E-state index in [1.54, 1.807) is 4.90 Å². The molecule has 4 rings (SSSR count). The van der Waals surface area contributed by atoms with Gasteiger partial charge in [0, 0.05) is 48.6 Å². The quantitative estimate of drug-likeness (QED) is 0.337. The number of hydrogen-bond acceptors (Lipinski definition) is 6. The summed E-state index contributed by atoms with van der Waals surface area (Å²) in [6, 6.07) is 16.4. The summed E-state index contributed by atoms with van der Waals surface area (Å²) in [7, 11) is 0. The van der Waals surface area contributed by atoms with Crippen LogP contribution in [0.4, 0.5) is 5.69 Å². The molecule has 8 heteroatoms. The van der Waals surface area contributed by atoms with Crippen molar-refractivity contribution in [2.24, 2.45) is 5.92 Å². The minimum Gasteiger partial charge on any atom is -0.312 e. The van der Waals surface area contributed by atoms with Crippen molar-refractivity contribution < 1.29 is 9.59 Å². The zero-order valence-corrected chi connectivity index (χ0v) is 22.7. The number of carbonyl (C=O) groups excluding carboxylic acids is 2. The molecule has 1 aliphatic heterocycles. The van der Waals surface area contributed by atoms with E-state index in [9.17, 15) is 9.59 Å². The summed E-state index contributed by atoms with van der Waals surface area (Å²) in [5.41, 5.74) is 3.26. The molecule has 1 aromatic heterocycles. The average molecular weight is 525 g/mol. The molecule has 0 aliphatic carbocycles. The Morgan fingerprint density at radius 1 is 1.06 bits per heavy atom. The molecule has 0 radical (unpaired) electrons. The molecule has 36 heavy (non-hydrogen) atoms. The second kappa shape index (κ2) is 12.1. The van der Waals surface area contributed by atoms with Gasteiger partial charge >= 0.3 is 0 Å². The molecule has 2 aromatic carbocycles. The first-order chi connectivity index (χ1) is 17.3. The molecular weight excluding hydrogens is 492 g/mol. The lowest BCUT2D eigenvalue weighted by molar-refractivity contribution is -0.124. The smallest absolute Gasteiger partial charge is 0.227 e. The van der Waals surface area contributed by atoms with Gasteiger partial charge < -0.3 is 4.90 Å². The van der Waals surface area contributed by atoms with Crippen LogP contribution in [0.1, 0.15) is 48.3 Å². The van der Waals surface area contributed by atoms with Crippen molar-refractivity contribution in [3.8, 4) is 0 Å². The first-order valence-corrected chi connectivity index (χ1v) is 13.7. The van der Waals surface area contributed by atoms with E-state index in [1.807, 2.05) is 36.4 Å². The summed E-state index contributed by atoms with van der Waals surface area (Å²) in [4.78, 5) is 29.8. The Bertz CT molecular complexity index is 1180. The van der Waals surface area contributed by atoms with Gasteiger partial charge in [-0.05, 0) is 62.2 Å². The molecule has 1 fully saturated rings. The van der Waals surface area contributed by atoms with Gasteiger partial charge in [-0.3, -0.25) is 14.5 Å². The predicted octanol–water partition coefficient (Wildman–Crippen LogP) is 5.37. The Morgan fingerprint density at radius 3 is 2.39 bits per heavy atom. The Hall–Kier alpha value is -2.61. The van der Waals surface area contributed by atoms with Gasteiger partial charge in [0.25, 0.3) is 0 Å². The number of amides is 1. The lowest BCUT2D eigenvalue weighted by atomic mass is 10.0. The van der Waals surface area contributed by atoms with E-state index in [4.69, 9.17) is 11.6 Å². The molecule has 1 amide bonds. The number of nitrogens with zero attached hydrogens (tertiary/aromatic N) is 4. The fraction of sp³-hybridized carbons (Fsp3) is 0.429. The standard InChI is InChI=1S/C28H33ClN4O2S/c1-4-32(19(2)3)17-21-7-12-24(13-8-21)33-18-22(15-28(33)35)25(34)16-27-31-30-26(36-27)14-9-20-5-10-23(29)11-6-20/h5-8,10-13,19,22H,4,9,14-18H2,1-3H3. The van der Waals surface area contributed by atoms with Crippen LogP contribution in [-0.2, 0) is 35.4 Å². The average Bonchev–Trinajstić information content (AvgIpc) is 3.48. The monoisotopic (exact) mass is 524 g/mol. The zero-order valence-electron chi connectivity index (χ0n) is 21.1. The van der Waals surface area contributed by atoms with Crippen LogP contribution in [0.25, 0.3) is 0 Å². The molecule has 1 unspecified atom stereocenters. The molecule has 190 valence electrons.